The number of ether oxygens (including phenoxy) is 1. The van der Waals surface area contributed by atoms with Gasteiger partial charge in [0.1, 0.15) is 5.75 Å². The van der Waals surface area contributed by atoms with Gasteiger partial charge in [-0.3, -0.25) is 9.10 Å². The maximum atomic E-state index is 13.1. The fourth-order valence-electron chi connectivity index (χ4n) is 3.67. The van der Waals surface area contributed by atoms with Crippen LogP contribution in [-0.2, 0) is 21.2 Å². The number of nitrogens with one attached hydrogen (secondary N) is 1. The van der Waals surface area contributed by atoms with Crippen molar-refractivity contribution < 1.29 is 17.9 Å². The average molecular weight is 437 g/mol. The number of hydrogen-bond donors (Lipinski definition) is 1. The minimum absolute atomic E-state index is 0.101. The molecule has 0 bridgehead atoms. The molecular formula is C24H24N2O4S. The molecule has 0 spiro atoms. The summed E-state index contributed by atoms with van der Waals surface area (Å²) in [5.41, 5.74) is 3.13. The zero-order valence-corrected chi connectivity index (χ0v) is 18.1. The number of carbonyl (C=O) groups is 1. The molecule has 7 heteroatoms. The Hall–Kier alpha value is -3.32. The van der Waals surface area contributed by atoms with E-state index in [1.807, 2.05) is 37.3 Å². The third-order valence-electron chi connectivity index (χ3n) is 5.22. The number of fused-ring (bicyclic) bond motifs is 1. The van der Waals surface area contributed by atoms with Crippen molar-refractivity contribution in [3.05, 3.63) is 83.9 Å². The van der Waals surface area contributed by atoms with Gasteiger partial charge < -0.3 is 10.1 Å². The maximum Gasteiger partial charge on any atom is 0.264 e. The molecule has 1 aliphatic heterocycles. The molecule has 0 saturated carbocycles. The van der Waals surface area contributed by atoms with E-state index < -0.39 is 10.0 Å². The summed E-state index contributed by atoms with van der Waals surface area (Å²) in [4.78, 5) is 12.6. The molecule has 0 fully saturated rings. The number of carbonyl (C=O) groups excluding carboxylic acids is 1. The number of rotatable bonds is 6. The normalized spacial score (nSPS) is 13.4. The molecule has 0 radical (unpaired) electrons. The molecule has 3 aromatic carbocycles. The zero-order valence-electron chi connectivity index (χ0n) is 17.2. The van der Waals surface area contributed by atoms with Crippen LogP contribution in [-0.4, -0.2) is 27.5 Å². The summed E-state index contributed by atoms with van der Waals surface area (Å²) < 4.78 is 33.2. The second-order valence-electron chi connectivity index (χ2n) is 7.44. The minimum Gasteiger partial charge on any atom is -0.483 e. The fraction of sp³-hybridized carbons (Fsp3) is 0.208. The Morgan fingerprint density at radius 2 is 1.77 bits per heavy atom. The predicted octanol–water partition coefficient (Wildman–Crippen LogP) is 4.15. The molecule has 1 amide bonds. The van der Waals surface area contributed by atoms with Gasteiger partial charge in [-0.25, -0.2) is 8.42 Å². The van der Waals surface area contributed by atoms with E-state index in [0.717, 1.165) is 17.5 Å². The van der Waals surface area contributed by atoms with Crippen LogP contribution in [0.25, 0.3) is 0 Å². The lowest BCUT2D eigenvalue weighted by Crippen LogP contribution is -2.35. The van der Waals surface area contributed by atoms with Crippen molar-refractivity contribution in [3.63, 3.8) is 0 Å². The fourth-order valence-corrected chi connectivity index (χ4v) is 5.23. The van der Waals surface area contributed by atoms with Gasteiger partial charge in [0.05, 0.1) is 10.6 Å². The van der Waals surface area contributed by atoms with Crippen LogP contribution in [0.1, 0.15) is 17.5 Å². The number of sulfonamides is 1. The first-order valence-electron chi connectivity index (χ1n) is 10.1. The van der Waals surface area contributed by atoms with Crippen molar-refractivity contribution >= 4 is 27.3 Å². The Morgan fingerprint density at radius 3 is 2.55 bits per heavy atom. The number of aryl methyl sites for hydroxylation is 2. The highest BCUT2D eigenvalue weighted by Crippen LogP contribution is 2.33. The largest absolute Gasteiger partial charge is 0.483 e. The van der Waals surface area contributed by atoms with E-state index in [1.165, 1.54) is 4.31 Å². The van der Waals surface area contributed by atoms with Gasteiger partial charge in [-0.1, -0.05) is 36.4 Å². The lowest BCUT2D eigenvalue weighted by molar-refractivity contribution is -0.118. The summed E-state index contributed by atoms with van der Waals surface area (Å²) in [6.07, 6.45) is 1.46. The molecule has 0 unspecified atom stereocenters. The molecule has 4 rings (SSSR count). The standard InChI is InChI=1S/C24H24N2O4S/c1-18-8-5-6-12-23(18)30-17-24(27)25-20-13-14-22-19(16-20)9-7-15-26(22)31(28,29)21-10-3-2-4-11-21/h2-6,8,10-14,16H,7,9,15,17H2,1H3,(H,25,27). The van der Waals surface area contributed by atoms with Gasteiger partial charge in [0.25, 0.3) is 15.9 Å². The number of anilines is 2. The first-order chi connectivity index (χ1) is 14.9. The minimum atomic E-state index is -3.63. The summed E-state index contributed by atoms with van der Waals surface area (Å²) in [7, 11) is -3.63. The molecule has 1 aliphatic rings. The summed E-state index contributed by atoms with van der Waals surface area (Å²) in [5.74, 6) is 0.401. The van der Waals surface area contributed by atoms with Crippen molar-refractivity contribution in [2.75, 3.05) is 22.8 Å². The topological polar surface area (TPSA) is 75.7 Å². The molecule has 3 aromatic rings. The summed E-state index contributed by atoms with van der Waals surface area (Å²) in [5, 5.41) is 2.84. The van der Waals surface area contributed by atoms with Crippen molar-refractivity contribution in [1.29, 1.82) is 0 Å². The van der Waals surface area contributed by atoms with Crippen LogP contribution in [0, 0.1) is 6.92 Å². The van der Waals surface area contributed by atoms with E-state index in [1.54, 1.807) is 42.5 Å². The molecule has 1 heterocycles. The highest BCUT2D eigenvalue weighted by Gasteiger charge is 2.29. The molecule has 0 aliphatic carbocycles. The Balaban J connectivity index is 1.48. The van der Waals surface area contributed by atoms with Crippen molar-refractivity contribution in [1.82, 2.24) is 0 Å². The molecule has 160 valence electrons. The SMILES string of the molecule is Cc1ccccc1OCC(=O)Nc1ccc2c(c1)CCCN2S(=O)(=O)c1ccccc1. The number of para-hydroxylation sites is 1. The van der Waals surface area contributed by atoms with Gasteiger partial charge in [-0.05, 0) is 67.3 Å². The number of nitrogens with zero attached hydrogens (tertiary/aromatic N) is 1. The van der Waals surface area contributed by atoms with Gasteiger partial charge in [-0.2, -0.15) is 0 Å². The van der Waals surface area contributed by atoms with Gasteiger partial charge in [0, 0.05) is 12.2 Å². The Bertz CT molecular complexity index is 1190. The monoisotopic (exact) mass is 436 g/mol. The van der Waals surface area contributed by atoms with E-state index in [4.69, 9.17) is 4.74 Å². The van der Waals surface area contributed by atoms with Crippen LogP contribution in [0.3, 0.4) is 0 Å². The zero-order chi connectivity index (χ0) is 21.8. The summed E-state index contributed by atoms with van der Waals surface area (Å²) in [6.45, 7) is 2.25. The van der Waals surface area contributed by atoms with Crippen LogP contribution in [0.2, 0.25) is 0 Å². The van der Waals surface area contributed by atoms with Crippen LogP contribution in [0.5, 0.6) is 5.75 Å². The number of hydrogen-bond acceptors (Lipinski definition) is 4. The number of amides is 1. The molecule has 0 atom stereocenters. The Morgan fingerprint density at radius 1 is 1.03 bits per heavy atom. The summed E-state index contributed by atoms with van der Waals surface area (Å²) in [6, 6.07) is 21.3. The van der Waals surface area contributed by atoms with Crippen LogP contribution < -0.4 is 14.4 Å². The predicted molar refractivity (Wildman–Crippen MR) is 121 cm³/mol. The quantitative estimate of drug-likeness (QED) is 0.630. The van der Waals surface area contributed by atoms with E-state index in [0.29, 0.717) is 30.1 Å². The molecular weight excluding hydrogens is 412 g/mol. The highest BCUT2D eigenvalue weighted by atomic mass is 32.2. The van der Waals surface area contributed by atoms with E-state index in [-0.39, 0.29) is 17.4 Å². The lowest BCUT2D eigenvalue weighted by Gasteiger charge is -2.30. The highest BCUT2D eigenvalue weighted by molar-refractivity contribution is 7.92. The van der Waals surface area contributed by atoms with Gasteiger partial charge in [0.15, 0.2) is 6.61 Å². The first-order valence-corrected chi connectivity index (χ1v) is 11.6. The molecule has 31 heavy (non-hydrogen) atoms. The van der Waals surface area contributed by atoms with Crippen LogP contribution >= 0.6 is 0 Å². The smallest absolute Gasteiger partial charge is 0.264 e. The van der Waals surface area contributed by atoms with E-state index in [9.17, 15) is 13.2 Å². The molecule has 0 saturated heterocycles. The Labute approximate surface area is 182 Å². The first kappa shape index (κ1) is 20.9. The van der Waals surface area contributed by atoms with Gasteiger partial charge in [-0.15, -0.1) is 0 Å². The van der Waals surface area contributed by atoms with Crippen molar-refractivity contribution in [2.45, 2.75) is 24.7 Å². The number of benzene rings is 3. The lowest BCUT2D eigenvalue weighted by atomic mass is 10.0. The van der Waals surface area contributed by atoms with Gasteiger partial charge >= 0.3 is 0 Å². The van der Waals surface area contributed by atoms with Crippen molar-refractivity contribution in [3.8, 4) is 5.75 Å². The average Bonchev–Trinajstić information content (AvgIpc) is 2.78. The Kier molecular flexibility index (Phi) is 5.95. The third kappa shape index (κ3) is 4.56. The van der Waals surface area contributed by atoms with E-state index >= 15 is 0 Å². The van der Waals surface area contributed by atoms with E-state index in [2.05, 4.69) is 5.32 Å². The van der Waals surface area contributed by atoms with Gasteiger partial charge in [0.2, 0.25) is 0 Å². The molecule has 1 N–H and O–H groups in total. The third-order valence-corrected chi connectivity index (χ3v) is 7.05. The molecule has 6 nitrogen and oxygen atoms in total. The van der Waals surface area contributed by atoms with Crippen LogP contribution in [0.4, 0.5) is 11.4 Å². The second kappa shape index (κ2) is 8.81. The maximum absolute atomic E-state index is 13.1. The van der Waals surface area contributed by atoms with Crippen LogP contribution in [0.15, 0.2) is 77.7 Å². The summed E-state index contributed by atoms with van der Waals surface area (Å²) >= 11 is 0. The van der Waals surface area contributed by atoms with Crippen molar-refractivity contribution in [2.24, 2.45) is 0 Å². The second-order valence-corrected chi connectivity index (χ2v) is 9.30. The molecule has 0 aromatic heterocycles.